The van der Waals surface area contributed by atoms with Crippen molar-refractivity contribution < 1.29 is 14.3 Å². The Morgan fingerprint density at radius 1 is 1.04 bits per heavy atom. The normalized spacial score (nSPS) is 17.5. The SMILES string of the molecule is COc1ccc(C2CCCCN(C(=O)c3cc(OC)ccc3Br)C2)cc1. The molecule has 0 bridgehead atoms. The van der Waals surface area contributed by atoms with Gasteiger partial charge in [-0.1, -0.05) is 18.6 Å². The molecule has 1 heterocycles. The zero-order valence-corrected chi connectivity index (χ0v) is 16.8. The summed E-state index contributed by atoms with van der Waals surface area (Å²) in [5, 5.41) is 0. The molecule has 0 saturated carbocycles. The molecule has 138 valence electrons. The van der Waals surface area contributed by atoms with Gasteiger partial charge in [-0.2, -0.15) is 0 Å². The molecular formula is C21H24BrNO3. The van der Waals surface area contributed by atoms with E-state index in [1.807, 2.05) is 29.2 Å². The molecule has 0 spiro atoms. The first kappa shape index (κ1) is 18.8. The molecule has 1 fully saturated rings. The first-order chi connectivity index (χ1) is 12.6. The number of nitrogens with zero attached hydrogens (tertiary/aromatic N) is 1. The van der Waals surface area contributed by atoms with Gasteiger partial charge in [-0.3, -0.25) is 4.79 Å². The summed E-state index contributed by atoms with van der Waals surface area (Å²) in [4.78, 5) is 15.1. The number of methoxy groups -OCH3 is 2. The van der Waals surface area contributed by atoms with Crippen LogP contribution >= 0.6 is 15.9 Å². The van der Waals surface area contributed by atoms with Crippen molar-refractivity contribution in [2.75, 3.05) is 27.3 Å². The number of carbonyl (C=O) groups is 1. The molecule has 2 aromatic rings. The molecule has 5 heteroatoms. The lowest BCUT2D eigenvalue weighted by atomic mass is 9.94. The van der Waals surface area contributed by atoms with Crippen molar-refractivity contribution in [3.8, 4) is 11.5 Å². The standard InChI is InChI=1S/C21H24BrNO3/c1-25-17-8-6-15(7-9-17)16-5-3-4-12-23(14-16)21(24)19-13-18(26-2)10-11-20(19)22/h6-11,13,16H,3-5,12,14H2,1-2H3. The number of ether oxygens (including phenoxy) is 2. The second-order valence-corrected chi connectivity index (χ2v) is 7.42. The summed E-state index contributed by atoms with van der Waals surface area (Å²) in [5.74, 6) is 1.95. The number of rotatable bonds is 4. The van der Waals surface area contributed by atoms with E-state index in [-0.39, 0.29) is 5.91 Å². The molecule has 26 heavy (non-hydrogen) atoms. The van der Waals surface area contributed by atoms with Gasteiger partial charge < -0.3 is 14.4 Å². The van der Waals surface area contributed by atoms with E-state index in [1.54, 1.807) is 20.3 Å². The molecule has 4 nitrogen and oxygen atoms in total. The average molecular weight is 418 g/mol. The zero-order chi connectivity index (χ0) is 18.5. The average Bonchev–Trinajstić information content (AvgIpc) is 2.94. The van der Waals surface area contributed by atoms with Crippen LogP contribution in [0.15, 0.2) is 46.9 Å². The minimum atomic E-state index is 0.0520. The van der Waals surface area contributed by atoms with Crippen LogP contribution in [0.3, 0.4) is 0 Å². The van der Waals surface area contributed by atoms with Gasteiger partial charge in [0.15, 0.2) is 0 Å². The highest BCUT2D eigenvalue weighted by molar-refractivity contribution is 9.10. The molecule has 1 saturated heterocycles. The second kappa shape index (κ2) is 8.58. The lowest BCUT2D eigenvalue weighted by molar-refractivity contribution is 0.0753. The molecule has 0 aromatic heterocycles. The highest BCUT2D eigenvalue weighted by atomic mass is 79.9. The van der Waals surface area contributed by atoms with Crippen LogP contribution in [0.1, 0.15) is 41.1 Å². The zero-order valence-electron chi connectivity index (χ0n) is 15.2. The predicted molar refractivity (Wildman–Crippen MR) is 106 cm³/mol. The lowest BCUT2D eigenvalue weighted by Gasteiger charge is -2.25. The summed E-state index contributed by atoms with van der Waals surface area (Å²) >= 11 is 3.51. The van der Waals surface area contributed by atoms with Crippen LogP contribution in [0, 0.1) is 0 Å². The molecule has 2 aromatic carbocycles. The quantitative estimate of drug-likeness (QED) is 0.711. The third kappa shape index (κ3) is 4.21. The molecule has 1 atom stereocenters. The van der Waals surface area contributed by atoms with E-state index in [2.05, 4.69) is 28.1 Å². The van der Waals surface area contributed by atoms with E-state index >= 15 is 0 Å². The van der Waals surface area contributed by atoms with Gasteiger partial charge in [0, 0.05) is 23.5 Å². The fourth-order valence-corrected chi connectivity index (χ4v) is 3.86. The van der Waals surface area contributed by atoms with Crippen LogP contribution in [0.5, 0.6) is 11.5 Å². The predicted octanol–water partition coefficient (Wildman–Crippen LogP) is 4.88. The van der Waals surface area contributed by atoms with Crippen LogP contribution in [-0.4, -0.2) is 38.1 Å². The van der Waals surface area contributed by atoms with Gasteiger partial charge in [0.25, 0.3) is 5.91 Å². The molecule has 1 aliphatic heterocycles. The second-order valence-electron chi connectivity index (χ2n) is 6.56. The number of hydrogen-bond acceptors (Lipinski definition) is 3. The van der Waals surface area contributed by atoms with E-state index in [4.69, 9.17) is 9.47 Å². The van der Waals surface area contributed by atoms with Gasteiger partial charge in [0.1, 0.15) is 11.5 Å². The monoisotopic (exact) mass is 417 g/mol. The topological polar surface area (TPSA) is 38.8 Å². The Kier molecular flexibility index (Phi) is 6.20. The maximum atomic E-state index is 13.1. The Morgan fingerprint density at radius 3 is 2.42 bits per heavy atom. The number of carbonyl (C=O) groups excluding carboxylic acids is 1. The minimum absolute atomic E-state index is 0.0520. The number of halogens is 1. The lowest BCUT2D eigenvalue weighted by Crippen LogP contribution is -2.34. The fraction of sp³-hybridized carbons (Fsp3) is 0.381. The Morgan fingerprint density at radius 2 is 1.73 bits per heavy atom. The molecule has 3 rings (SSSR count). The maximum absolute atomic E-state index is 13.1. The van der Waals surface area contributed by atoms with Crippen molar-refractivity contribution in [1.29, 1.82) is 0 Å². The summed E-state index contributed by atoms with van der Waals surface area (Å²) in [7, 11) is 3.29. The van der Waals surface area contributed by atoms with Gasteiger partial charge in [-0.25, -0.2) is 0 Å². The van der Waals surface area contributed by atoms with E-state index in [1.165, 1.54) is 5.56 Å². The van der Waals surface area contributed by atoms with Gasteiger partial charge in [-0.05, 0) is 64.7 Å². The molecule has 0 aliphatic carbocycles. The summed E-state index contributed by atoms with van der Waals surface area (Å²) in [6.07, 6.45) is 3.25. The van der Waals surface area contributed by atoms with Crippen molar-refractivity contribution in [2.45, 2.75) is 25.2 Å². The molecule has 1 unspecified atom stereocenters. The van der Waals surface area contributed by atoms with Gasteiger partial charge in [0.05, 0.1) is 19.8 Å². The van der Waals surface area contributed by atoms with Gasteiger partial charge in [-0.15, -0.1) is 0 Å². The van der Waals surface area contributed by atoms with Crippen LogP contribution in [0.2, 0.25) is 0 Å². The van der Waals surface area contributed by atoms with E-state index < -0.39 is 0 Å². The van der Waals surface area contributed by atoms with Crippen LogP contribution in [0.4, 0.5) is 0 Å². The van der Waals surface area contributed by atoms with Crippen molar-refractivity contribution >= 4 is 21.8 Å². The maximum Gasteiger partial charge on any atom is 0.255 e. The number of likely N-dealkylation sites (tertiary alicyclic amines) is 1. The Bertz CT molecular complexity index is 760. The summed E-state index contributed by atoms with van der Waals surface area (Å²) in [6.45, 7) is 1.52. The van der Waals surface area contributed by atoms with E-state index in [0.717, 1.165) is 42.6 Å². The highest BCUT2D eigenvalue weighted by Crippen LogP contribution is 2.30. The number of amides is 1. The molecular weight excluding hydrogens is 394 g/mol. The summed E-state index contributed by atoms with van der Waals surface area (Å²) < 4.78 is 11.3. The minimum Gasteiger partial charge on any atom is -0.497 e. The molecule has 0 radical (unpaired) electrons. The Labute approximate surface area is 163 Å². The third-order valence-corrected chi connectivity index (χ3v) is 5.64. The van der Waals surface area contributed by atoms with E-state index in [0.29, 0.717) is 17.2 Å². The molecule has 1 amide bonds. The van der Waals surface area contributed by atoms with Crippen molar-refractivity contribution in [3.05, 3.63) is 58.1 Å². The fourth-order valence-electron chi connectivity index (χ4n) is 3.44. The summed E-state index contributed by atoms with van der Waals surface area (Å²) in [6, 6.07) is 13.7. The van der Waals surface area contributed by atoms with Crippen molar-refractivity contribution in [1.82, 2.24) is 4.90 Å². The van der Waals surface area contributed by atoms with Crippen LogP contribution in [0.25, 0.3) is 0 Å². The molecule has 1 aliphatic rings. The van der Waals surface area contributed by atoms with E-state index in [9.17, 15) is 4.79 Å². The largest absolute Gasteiger partial charge is 0.497 e. The van der Waals surface area contributed by atoms with Crippen LogP contribution < -0.4 is 9.47 Å². The number of hydrogen-bond donors (Lipinski definition) is 0. The van der Waals surface area contributed by atoms with Crippen LogP contribution in [-0.2, 0) is 0 Å². The van der Waals surface area contributed by atoms with Crippen molar-refractivity contribution in [3.63, 3.8) is 0 Å². The number of benzene rings is 2. The summed E-state index contributed by atoms with van der Waals surface area (Å²) in [5.41, 5.74) is 1.91. The Balaban J connectivity index is 1.81. The first-order valence-electron chi connectivity index (χ1n) is 8.89. The first-order valence-corrected chi connectivity index (χ1v) is 9.68. The third-order valence-electron chi connectivity index (χ3n) is 4.95. The van der Waals surface area contributed by atoms with Crippen molar-refractivity contribution in [2.24, 2.45) is 0 Å². The highest BCUT2D eigenvalue weighted by Gasteiger charge is 2.25. The smallest absolute Gasteiger partial charge is 0.255 e. The Hall–Kier alpha value is -2.01. The van der Waals surface area contributed by atoms with Gasteiger partial charge in [0.2, 0.25) is 0 Å². The van der Waals surface area contributed by atoms with Gasteiger partial charge >= 0.3 is 0 Å². The molecule has 0 N–H and O–H groups in total.